The first kappa shape index (κ1) is 24.3. The molecule has 0 aliphatic heterocycles. The number of hydrogen-bond donors (Lipinski definition) is 0. The van der Waals surface area contributed by atoms with Crippen LogP contribution in [0.15, 0.2) is 52.5 Å². The average Bonchev–Trinajstić information content (AvgIpc) is 3.14. The maximum absolute atomic E-state index is 12.9. The number of aromatic nitrogens is 2. The Kier molecular flexibility index (Phi) is 7.97. The highest BCUT2D eigenvalue weighted by atomic mass is 32.2. The van der Waals surface area contributed by atoms with E-state index in [9.17, 15) is 13.2 Å². The highest BCUT2D eigenvalue weighted by Gasteiger charge is 2.23. The largest absolute Gasteiger partial charge is 0.492 e. The number of thioether (sulfide) groups is 1. The molecule has 0 radical (unpaired) electrons. The summed E-state index contributed by atoms with van der Waals surface area (Å²) < 4.78 is 35.1. The number of Topliss-reactive ketones (excluding diaryl/α,β-unsaturated/α-hetero) is 1. The number of para-hydroxylation sites is 1. The van der Waals surface area contributed by atoms with Crippen LogP contribution in [0.3, 0.4) is 0 Å². The van der Waals surface area contributed by atoms with E-state index in [2.05, 4.69) is 4.57 Å². The van der Waals surface area contributed by atoms with E-state index in [1.807, 2.05) is 39.0 Å². The summed E-state index contributed by atoms with van der Waals surface area (Å²) in [5.41, 5.74) is 2.13. The van der Waals surface area contributed by atoms with Gasteiger partial charge < -0.3 is 9.30 Å². The number of nitrogens with zero attached hydrogens (tertiary/aromatic N) is 3. The Labute approximate surface area is 193 Å². The number of hydrogen-bond acceptors (Lipinski definition) is 6. The number of fused-ring (bicyclic) bond motifs is 1. The van der Waals surface area contributed by atoms with Gasteiger partial charge in [-0.25, -0.2) is 13.4 Å². The van der Waals surface area contributed by atoms with Gasteiger partial charge in [0.15, 0.2) is 10.9 Å². The molecule has 0 aliphatic carbocycles. The fraction of sp³-hybridized carbons (Fsp3) is 0.391. The topological polar surface area (TPSA) is 81.5 Å². The molecule has 3 aromatic rings. The van der Waals surface area contributed by atoms with Gasteiger partial charge >= 0.3 is 0 Å². The standard InChI is InChI=1S/C23H29N3O4S2/c1-5-25(6-2)32(28,29)18-12-13-21-20(16-18)24-23(26(21)7-3)31-15-14-30-22-11-9-8-10-19(22)17(4)27/h8-13,16H,5-7,14-15H2,1-4H3. The molecule has 32 heavy (non-hydrogen) atoms. The van der Waals surface area contributed by atoms with E-state index in [1.165, 1.54) is 11.2 Å². The smallest absolute Gasteiger partial charge is 0.243 e. The molecule has 0 amide bonds. The highest BCUT2D eigenvalue weighted by molar-refractivity contribution is 7.99. The number of rotatable bonds is 11. The van der Waals surface area contributed by atoms with Gasteiger partial charge in [-0.05, 0) is 44.2 Å². The van der Waals surface area contributed by atoms with Crippen LogP contribution in [-0.2, 0) is 16.6 Å². The number of ketones is 1. The first-order valence-corrected chi connectivity index (χ1v) is 13.1. The van der Waals surface area contributed by atoms with Crippen LogP contribution in [0.25, 0.3) is 11.0 Å². The molecule has 7 nitrogen and oxygen atoms in total. The summed E-state index contributed by atoms with van der Waals surface area (Å²) in [6.45, 7) is 9.20. The van der Waals surface area contributed by atoms with Crippen molar-refractivity contribution in [2.75, 3.05) is 25.4 Å². The zero-order valence-corrected chi connectivity index (χ0v) is 20.5. The van der Waals surface area contributed by atoms with E-state index in [0.717, 1.165) is 17.2 Å². The molecule has 9 heteroatoms. The minimum absolute atomic E-state index is 0.0310. The minimum atomic E-state index is -3.54. The van der Waals surface area contributed by atoms with Crippen molar-refractivity contribution < 1.29 is 17.9 Å². The number of carbonyl (C=O) groups is 1. The molecule has 0 fully saturated rings. The summed E-state index contributed by atoms with van der Waals surface area (Å²) in [6, 6.07) is 12.3. The molecule has 0 unspecified atom stereocenters. The maximum atomic E-state index is 12.9. The first-order valence-electron chi connectivity index (χ1n) is 10.7. The lowest BCUT2D eigenvalue weighted by Crippen LogP contribution is -2.30. The molecule has 0 saturated heterocycles. The van der Waals surface area contributed by atoms with Crippen LogP contribution in [-0.4, -0.2) is 53.5 Å². The number of imidazole rings is 1. The Morgan fingerprint density at radius 3 is 2.50 bits per heavy atom. The van der Waals surface area contributed by atoms with Crippen LogP contribution in [0.4, 0.5) is 0 Å². The Morgan fingerprint density at radius 2 is 1.84 bits per heavy atom. The molecule has 0 spiro atoms. The molecule has 0 N–H and O–H groups in total. The molecule has 1 heterocycles. The van der Waals surface area contributed by atoms with Crippen LogP contribution < -0.4 is 4.74 Å². The van der Waals surface area contributed by atoms with E-state index in [-0.39, 0.29) is 10.7 Å². The minimum Gasteiger partial charge on any atom is -0.492 e. The lowest BCUT2D eigenvalue weighted by molar-refractivity contribution is 0.101. The number of sulfonamides is 1. The van der Waals surface area contributed by atoms with Gasteiger partial charge in [-0.1, -0.05) is 37.7 Å². The number of benzene rings is 2. The van der Waals surface area contributed by atoms with Gasteiger partial charge in [-0.15, -0.1) is 0 Å². The van der Waals surface area contributed by atoms with E-state index >= 15 is 0 Å². The van der Waals surface area contributed by atoms with Crippen molar-refractivity contribution in [2.45, 2.75) is 44.3 Å². The van der Waals surface area contributed by atoms with Gasteiger partial charge in [-0.3, -0.25) is 4.79 Å². The monoisotopic (exact) mass is 475 g/mol. The summed E-state index contributed by atoms with van der Waals surface area (Å²) in [6.07, 6.45) is 0. The van der Waals surface area contributed by atoms with Crippen molar-refractivity contribution in [2.24, 2.45) is 0 Å². The fourth-order valence-corrected chi connectivity index (χ4v) is 5.92. The van der Waals surface area contributed by atoms with Crippen LogP contribution in [0.5, 0.6) is 5.75 Å². The lowest BCUT2D eigenvalue weighted by atomic mass is 10.1. The number of carbonyl (C=O) groups excluding carboxylic acids is 1. The third-order valence-electron chi connectivity index (χ3n) is 5.18. The van der Waals surface area contributed by atoms with Gasteiger partial charge in [0.2, 0.25) is 10.0 Å². The fourth-order valence-electron chi connectivity index (χ4n) is 3.54. The molecule has 0 saturated carbocycles. The molecule has 3 rings (SSSR count). The molecular weight excluding hydrogens is 446 g/mol. The lowest BCUT2D eigenvalue weighted by Gasteiger charge is -2.18. The molecule has 0 aliphatic rings. The molecule has 0 bridgehead atoms. The van der Waals surface area contributed by atoms with Crippen molar-refractivity contribution in [3.63, 3.8) is 0 Å². The molecule has 1 aromatic heterocycles. The van der Waals surface area contributed by atoms with Crippen molar-refractivity contribution in [1.82, 2.24) is 13.9 Å². The second-order valence-corrected chi connectivity index (χ2v) is 10.1. The van der Waals surface area contributed by atoms with Crippen LogP contribution >= 0.6 is 11.8 Å². The van der Waals surface area contributed by atoms with E-state index in [0.29, 0.717) is 42.3 Å². The second-order valence-electron chi connectivity index (χ2n) is 7.13. The predicted octanol–water partition coefficient (Wildman–Crippen LogP) is 4.46. The molecule has 172 valence electrons. The zero-order valence-electron chi connectivity index (χ0n) is 18.9. The first-order chi connectivity index (χ1) is 15.3. The van der Waals surface area contributed by atoms with Gasteiger partial charge in [0.25, 0.3) is 0 Å². The number of aryl methyl sites for hydroxylation is 1. The van der Waals surface area contributed by atoms with Gasteiger partial charge in [0.05, 0.1) is 28.1 Å². The van der Waals surface area contributed by atoms with Gasteiger partial charge in [0, 0.05) is 25.4 Å². The summed E-state index contributed by atoms with van der Waals surface area (Å²) in [7, 11) is -3.54. The third-order valence-corrected chi connectivity index (χ3v) is 8.17. The summed E-state index contributed by atoms with van der Waals surface area (Å²) in [4.78, 5) is 16.7. The molecule has 2 aromatic carbocycles. The molecular formula is C23H29N3O4S2. The van der Waals surface area contributed by atoms with E-state index in [4.69, 9.17) is 9.72 Å². The Bertz CT molecular complexity index is 1200. The Hall–Kier alpha value is -2.36. The summed E-state index contributed by atoms with van der Waals surface area (Å²) >= 11 is 1.54. The Balaban J connectivity index is 1.77. The highest BCUT2D eigenvalue weighted by Crippen LogP contribution is 2.27. The Morgan fingerprint density at radius 1 is 1.12 bits per heavy atom. The summed E-state index contributed by atoms with van der Waals surface area (Å²) in [5.74, 6) is 1.19. The third kappa shape index (κ3) is 5.00. The SMILES string of the molecule is CCN(CC)S(=O)(=O)c1ccc2c(c1)nc(SCCOc1ccccc1C(C)=O)n2CC. The van der Waals surface area contributed by atoms with Crippen molar-refractivity contribution >= 4 is 38.6 Å². The van der Waals surface area contributed by atoms with Gasteiger partial charge in [-0.2, -0.15) is 4.31 Å². The van der Waals surface area contributed by atoms with Gasteiger partial charge in [0.1, 0.15) is 5.75 Å². The van der Waals surface area contributed by atoms with Crippen LogP contribution in [0.1, 0.15) is 38.1 Å². The normalized spacial score (nSPS) is 11.9. The van der Waals surface area contributed by atoms with Crippen molar-refractivity contribution in [3.8, 4) is 5.75 Å². The van der Waals surface area contributed by atoms with E-state index < -0.39 is 10.0 Å². The summed E-state index contributed by atoms with van der Waals surface area (Å²) in [5, 5.41) is 0.809. The predicted molar refractivity (Wildman–Crippen MR) is 128 cm³/mol. The zero-order chi connectivity index (χ0) is 23.3. The van der Waals surface area contributed by atoms with Crippen LogP contribution in [0, 0.1) is 0 Å². The number of ether oxygens (including phenoxy) is 1. The van der Waals surface area contributed by atoms with Crippen LogP contribution in [0.2, 0.25) is 0 Å². The quantitative estimate of drug-likeness (QED) is 0.231. The molecule has 0 atom stereocenters. The maximum Gasteiger partial charge on any atom is 0.243 e. The van der Waals surface area contributed by atoms with Crippen molar-refractivity contribution in [1.29, 1.82) is 0 Å². The average molecular weight is 476 g/mol. The second kappa shape index (κ2) is 10.5. The van der Waals surface area contributed by atoms with E-state index in [1.54, 1.807) is 36.0 Å². The van der Waals surface area contributed by atoms with Crippen molar-refractivity contribution in [3.05, 3.63) is 48.0 Å².